The minimum atomic E-state index is 0.184. The highest BCUT2D eigenvalue weighted by Crippen LogP contribution is 2.41. The van der Waals surface area contributed by atoms with Gasteiger partial charge in [0, 0.05) is 38.0 Å². The lowest BCUT2D eigenvalue weighted by atomic mass is 10.4. The first kappa shape index (κ1) is 13.0. The molecule has 0 unspecified atom stereocenters. The van der Waals surface area contributed by atoms with Gasteiger partial charge >= 0.3 is 0 Å². The number of aliphatic hydroxyl groups is 1. The van der Waals surface area contributed by atoms with Gasteiger partial charge in [0.1, 0.15) is 0 Å². The highest BCUT2D eigenvalue weighted by Gasteiger charge is 2.26. The number of aliphatic hydroxyl groups excluding tert-OH is 1. The van der Waals surface area contributed by atoms with E-state index >= 15 is 0 Å². The molecular weight excluding hydrogens is 236 g/mol. The summed E-state index contributed by atoms with van der Waals surface area (Å²) in [6.07, 6.45) is 2.61. The fourth-order valence-electron chi connectivity index (χ4n) is 1.77. The molecule has 96 valence electrons. The third-order valence-electron chi connectivity index (χ3n) is 2.91. The predicted octanol–water partition coefficient (Wildman–Crippen LogP) is 1.46. The number of nitrogens with zero attached hydrogens (tertiary/aromatic N) is 2. The Morgan fingerprint density at radius 1 is 1.53 bits per heavy atom. The van der Waals surface area contributed by atoms with E-state index in [0.717, 1.165) is 24.7 Å². The normalized spacial score (nSPS) is 15.7. The molecule has 0 bridgehead atoms. The van der Waals surface area contributed by atoms with Gasteiger partial charge in [-0.3, -0.25) is 4.90 Å². The maximum atomic E-state index is 9.02. The lowest BCUT2D eigenvalue weighted by Gasteiger charge is -2.19. The zero-order valence-corrected chi connectivity index (χ0v) is 11.1. The fraction of sp³-hybridized carbons (Fsp3) is 0.750. The smallest absolute Gasteiger partial charge is 0.0959 e. The second kappa shape index (κ2) is 6.44. The Balaban J connectivity index is 1.85. The van der Waals surface area contributed by atoms with Gasteiger partial charge in [-0.1, -0.05) is 0 Å². The molecule has 17 heavy (non-hydrogen) atoms. The molecule has 0 aliphatic heterocycles. The van der Waals surface area contributed by atoms with Crippen LogP contribution in [-0.2, 0) is 11.3 Å². The lowest BCUT2D eigenvalue weighted by molar-refractivity contribution is 0.126. The molecule has 5 heteroatoms. The van der Waals surface area contributed by atoms with Crippen LogP contribution >= 0.6 is 11.3 Å². The summed E-state index contributed by atoms with van der Waals surface area (Å²) >= 11 is 1.77. The molecule has 1 saturated carbocycles. The van der Waals surface area contributed by atoms with Crippen molar-refractivity contribution in [2.24, 2.45) is 0 Å². The fourth-order valence-corrected chi connectivity index (χ4v) is 2.76. The predicted molar refractivity (Wildman–Crippen MR) is 68.3 cm³/mol. The molecule has 1 aliphatic rings. The number of hydrogen-bond donors (Lipinski definition) is 1. The second-order valence-electron chi connectivity index (χ2n) is 4.44. The van der Waals surface area contributed by atoms with Gasteiger partial charge in [-0.2, -0.15) is 0 Å². The van der Waals surface area contributed by atoms with Crippen molar-refractivity contribution < 1.29 is 9.84 Å². The van der Waals surface area contributed by atoms with Crippen molar-refractivity contribution in [2.45, 2.75) is 25.3 Å². The van der Waals surface area contributed by atoms with Crippen LogP contribution in [0.25, 0.3) is 0 Å². The van der Waals surface area contributed by atoms with Crippen molar-refractivity contribution in [2.75, 3.05) is 33.4 Å². The van der Waals surface area contributed by atoms with Gasteiger partial charge < -0.3 is 9.84 Å². The van der Waals surface area contributed by atoms with Crippen molar-refractivity contribution >= 4 is 11.3 Å². The number of hydrogen-bond acceptors (Lipinski definition) is 5. The molecular formula is C12H20N2O2S. The van der Waals surface area contributed by atoms with Crippen LogP contribution in [0.5, 0.6) is 0 Å². The molecule has 1 fully saturated rings. The summed E-state index contributed by atoms with van der Waals surface area (Å²) < 4.78 is 5.07. The van der Waals surface area contributed by atoms with Crippen LogP contribution < -0.4 is 0 Å². The monoisotopic (exact) mass is 256 g/mol. The van der Waals surface area contributed by atoms with Gasteiger partial charge in [0.05, 0.1) is 23.9 Å². The molecule has 0 aromatic carbocycles. The first-order valence-electron chi connectivity index (χ1n) is 6.10. The number of thiazole rings is 1. The molecule has 4 nitrogen and oxygen atoms in total. The van der Waals surface area contributed by atoms with Crippen molar-refractivity contribution in [3.05, 3.63) is 16.1 Å². The summed E-state index contributed by atoms with van der Waals surface area (Å²) in [5.41, 5.74) is 1.13. The lowest BCUT2D eigenvalue weighted by Crippen LogP contribution is -2.30. The summed E-state index contributed by atoms with van der Waals surface area (Å²) in [6, 6.07) is 0. The number of aromatic nitrogens is 1. The zero-order valence-electron chi connectivity index (χ0n) is 10.3. The number of methoxy groups -OCH3 is 1. The van der Waals surface area contributed by atoms with Gasteiger partial charge in [-0.05, 0) is 12.8 Å². The molecule has 1 aliphatic carbocycles. The van der Waals surface area contributed by atoms with Crippen LogP contribution in [0.1, 0.15) is 29.5 Å². The van der Waals surface area contributed by atoms with Gasteiger partial charge in [0.15, 0.2) is 0 Å². The summed E-state index contributed by atoms with van der Waals surface area (Å²) in [7, 11) is 1.70. The van der Waals surface area contributed by atoms with E-state index in [0.29, 0.717) is 13.2 Å². The van der Waals surface area contributed by atoms with Crippen molar-refractivity contribution in [3.63, 3.8) is 0 Å². The first-order valence-corrected chi connectivity index (χ1v) is 6.98. The molecule has 0 saturated heterocycles. The molecule has 0 amide bonds. The summed E-state index contributed by atoms with van der Waals surface area (Å²) in [5, 5.41) is 12.4. The molecule has 0 atom stereocenters. The SMILES string of the molecule is COCCN(CCO)Cc1csc(C2CC2)n1. The maximum absolute atomic E-state index is 9.02. The van der Waals surface area contributed by atoms with Crippen LogP contribution in [0.15, 0.2) is 5.38 Å². The van der Waals surface area contributed by atoms with E-state index in [2.05, 4.69) is 15.3 Å². The number of ether oxygens (including phenoxy) is 1. The van der Waals surface area contributed by atoms with Crippen LogP contribution in [0.2, 0.25) is 0 Å². The topological polar surface area (TPSA) is 45.6 Å². The Kier molecular flexibility index (Phi) is 4.91. The molecule has 0 radical (unpaired) electrons. The molecule has 1 N–H and O–H groups in total. The van der Waals surface area contributed by atoms with Gasteiger partial charge in [0.25, 0.3) is 0 Å². The summed E-state index contributed by atoms with van der Waals surface area (Å²) in [4.78, 5) is 6.83. The van der Waals surface area contributed by atoms with Gasteiger partial charge in [0.2, 0.25) is 0 Å². The summed E-state index contributed by atoms with van der Waals surface area (Å²) in [5.74, 6) is 0.735. The first-order chi connectivity index (χ1) is 8.33. The van der Waals surface area contributed by atoms with E-state index in [-0.39, 0.29) is 6.61 Å². The van der Waals surface area contributed by atoms with E-state index in [1.807, 2.05) is 0 Å². The van der Waals surface area contributed by atoms with Crippen molar-refractivity contribution in [3.8, 4) is 0 Å². The third-order valence-corrected chi connectivity index (χ3v) is 3.97. The quantitative estimate of drug-likeness (QED) is 0.765. The molecule has 1 aromatic heterocycles. The van der Waals surface area contributed by atoms with Crippen molar-refractivity contribution in [1.82, 2.24) is 9.88 Å². The molecule has 2 rings (SSSR count). The van der Waals surface area contributed by atoms with Gasteiger partial charge in [-0.25, -0.2) is 4.98 Å². The number of rotatable bonds is 8. The third kappa shape index (κ3) is 4.03. The van der Waals surface area contributed by atoms with Crippen LogP contribution in [0, 0.1) is 0 Å². The van der Waals surface area contributed by atoms with E-state index in [9.17, 15) is 0 Å². The largest absolute Gasteiger partial charge is 0.395 e. The highest BCUT2D eigenvalue weighted by atomic mass is 32.1. The van der Waals surface area contributed by atoms with E-state index in [1.54, 1.807) is 18.4 Å². The Bertz CT molecular complexity index is 339. The van der Waals surface area contributed by atoms with Gasteiger partial charge in [-0.15, -0.1) is 11.3 Å². The van der Waals surface area contributed by atoms with E-state index < -0.39 is 0 Å². The van der Waals surface area contributed by atoms with Crippen LogP contribution in [0.4, 0.5) is 0 Å². The standard InChI is InChI=1S/C12H20N2O2S/c1-16-7-5-14(4-6-15)8-11-9-17-12(13-11)10-2-3-10/h9-10,15H,2-8H2,1H3. The van der Waals surface area contributed by atoms with Crippen LogP contribution in [0.3, 0.4) is 0 Å². The second-order valence-corrected chi connectivity index (χ2v) is 5.33. The maximum Gasteiger partial charge on any atom is 0.0959 e. The molecule has 1 heterocycles. The van der Waals surface area contributed by atoms with Crippen LogP contribution in [-0.4, -0.2) is 48.4 Å². The Morgan fingerprint density at radius 3 is 3.00 bits per heavy atom. The average Bonchev–Trinajstić information content (AvgIpc) is 3.08. The van der Waals surface area contributed by atoms with E-state index in [1.165, 1.54) is 17.8 Å². The Labute approximate surface area is 106 Å². The molecule has 0 spiro atoms. The Hall–Kier alpha value is -0.490. The Morgan fingerprint density at radius 2 is 2.35 bits per heavy atom. The minimum absolute atomic E-state index is 0.184. The van der Waals surface area contributed by atoms with Crippen molar-refractivity contribution in [1.29, 1.82) is 0 Å². The highest BCUT2D eigenvalue weighted by molar-refractivity contribution is 7.09. The average molecular weight is 256 g/mol. The zero-order chi connectivity index (χ0) is 12.1. The summed E-state index contributed by atoms with van der Waals surface area (Å²) in [6.45, 7) is 3.21. The van der Waals surface area contributed by atoms with E-state index in [4.69, 9.17) is 9.84 Å². The minimum Gasteiger partial charge on any atom is -0.395 e. The molecule has 1 aromatic rings.